The van der Waals surface area contributed by atoms with Crippen LogP contribution in [-0.2, 0) is 0 Å². The largest absolute Gasteiger partial charge is 0.324 e. The highest BCUT2D eigenvalue weighted by Gasteiger charge is 2.06. The van der Waals surface area contributed by atoms with E-state index in [-0.39, 0.29) is 11.6 Å². The van der Waals surface area contributed by atoms with Crippen LogP contribution < -0.4 is 11.3 Å². The second kappa shape index (κ2) is 4.28. The van der Waals surface area contributed by atoms with Crippen LogP contribution in [0.3, 0.4) is 0 Å². The fraction of sp³-hybridized carbons (Fsp3) is 0.167. The van der Waals surface area contributed by atoms with Crippen molar-refractivity contribution in [1.29, 1.82) is 0 Å². The van der Waals surface area contributed by atoms with Crippen molar-refractivity contribution in [2.45, 2.75) is 13.0 Å². The van der Waals surface area contributed by atoms with Crippen molar-refractivity contribution < 1.29 is 0 Å². The summed E-state index contributed by atoms with van der Waals surface area (Å²) in [5.41, 5.74) is 7.76. The molecule has 2 aromatic heterocycles. The summed E-state index contributed by atoms with van der Waals surface area (Å²) in [6, 6.07) is 7.06. The Labute approximate surface area is 93.2 Å². The third kappa shape index (κ3) is 2.01. The number of hydrogen-bond acceptors (Lipinski definition) is 3. The molecule has 0 aliphatic rings. The molecule has 4 nitrogen and oxygen atoms in total. The summed E-state index contributed by atoms with van der Waals surface area (Å²) in [6.07, 6.45) is 3.40. The minimum Gasteiger partial charge on any atom is -0.324 e. The average molecular weight is 215 g/mol. The van der Waals surface area contributed by atoms with Crippen LogP contribution in [0.25, 0.3) is 11.3 Å². The van der Waals surface area contributed by atoms with E-state index in [0.29, 0.717) is 5.56 Å². The minimum absolute atomic E-state index is 0.142. The maximum Gasteiger partial charge on any atom is 0.253 e. The van der Waals surface area contributed by atoms with Gasteiger partial charge in [0.1, 0.15) is 0 Å². The van der Waals surface area contributed by atoms with Gasteiger partial charge >= 0.3 is 0 Å². The number of nitrogens with one attached hydrogen (secondary N) is 1. The number of H-pyrrole nitrogens is 1. The lowest BCUT2D eigenvalue weighted by Gasteiger charge is -2.06. The molecule has 0 aromatic carbocycles. The smallest absolute Gasteiger partial charge is 0.253 e. The van der Waals surface area contributed by atoms with Gasteiger partial charge in [-0.3, -0.25) is 9.78 Å². The fourth-order valence-corrected chi connectivity index (χ4v) is 1.53. The summed E-state index contributed by atoms with van der Waals surface area (Å²) in [5, 5.41) is 0. The van der Waals surface area contributed by atoms with Crippen LogP contribution in [0.5, 0.6) is 0 Å². The molecule has 2 aromatic rings. The first-order valence-corrected chi connectivity index (χ1v) is 5.07. The molecule has 0 aliphatic heterocycles. The molecule has 0 aliphatic carbocycles. The van der Waals surface area contributed by atoms with E-state index in [1.807, 2.05) is 18.2 Å². The normalized spacial score (nSPS) is 12.4. The summed E-state index contributed by atoms with van der Waals surface area (Å²) < 4.78 is 0. The zero-order chi connectivity index (χ0) is 11.5. The molecule has 4 heteroatoms. The number of nitrogens with two attached hydrogens (primary N) is 1. The van der Waals surface area contributed by atoms with E-state index in [1.54, 1.807) is 25.4 Å². The summed E-state index contributed by atoms with van der Waals surface area (Å²) in [4.78, 5) is 18.5. The number of hydrogen-bond donors (Lipinski definition) is 2. The monoisotopic (exact) mass is 215 g/mol. The van der Waals surface area contributed by atoms with Gasteiger partial charge in [0, 0.05) is 35.3 Å². The van der Waals surface area contributed by atoms with Crippen LogP contribution in [0.15, 0.2) is 41.5 Å². The second-order valence-corrected chi connectivity index (χ2v) is 3.69. The Bertz CT molecular complexity index is 531. The van der Waals surface area contributed by atoms with Crippen molar-refractivity contribution in [2.75, 3.05) is 0 Å². The van der Waals surface area contributed by atoms with Crippen molar-refractivity contribution in [3.05, 3.63) is 52.6 Å². The maximum absolute atomic E-state index is 11.7. The van der Waals surface area contributed by atoms with Crippen molar-refractivity contribution in [3.8, 4) is 11.3 Å². The molecule has 0 saturated carbocycles. The van der Waals surface area contributed by atoms with Crippen LogP contribution >= 0.6 is 0 Å². The van der Waals surface area contributed by atoms with Crippen LogP contribution in [0.4, 0.5) is 0 Å². The first-order valence-electron chi connectivity index (χ1n) is 5.07. The van der Waals surface area contributed by atoms with Gasteiger partial charge in [0.05, 0.1) is 0 Å². The quantitative estimate of drug-likeness (QED) is 0.796. The molecule has 82 valence electrons. The lowest BCUT2D eigenvalue weighted by molar-refractivity contribution is 0.800. The predicted molar refractivity (Wildman–Crippen MR) is 62.9 cm³/mol. The van der Waals surface area contributed by atoms with Gasteiger partial charge in [-0.25, -0.2) is 0 Å². The third-order valence-electron chi connectivity index (χ3n) is 2.40. The van der Waals surface area contributed by atoms with Crippen molar-refractivity contribution >= 4 is 0 Å². The van der Waals surface area contributed by atoms with Crippen molar-refractivity contribution in [2.24, 2.45) is 5.73 Å². The first kappa shape index (κ1) is 10.6. The summed E-state index contributed by atoms with van der Waals surface area (Å²) >= 11 is 0. The highest BCUT2D eigenvalue weighted by Crippen LogP contribution is 2.14. The van der Waals surface area contributed by atoms with Gasteiger partial charge in [-0.1, -0.05) is 0 Å². The Hall–Kier alpha value is -1.94. The lowest BCUT2D eigenvalue weighted by atomic mass is 10.1. The zero-order valence-electron chi connectivity index (χ0n) is 8.97. The Morgan fingerprint density at radius 3 is 2.75 bits per heavy atom. The standard InChI is InChI=1S/C12H13N3O/c1-8(13)10-4-5-11(15-12(10)16)9-3-2-6-14-7-9/h2-8H,13H2,1H3,(H,15,16)/t8-/m0/s1. The summed E-state index contributed by atoms with van der Waals surface area (Å²) in [7, 11) is 0. The predicted octanol–water partition coefficient (Wildman–Crippen LogP) is 1.46. The van der Waals surface area contributed by atoms with Crippen molar-refractivity contribution in [1.82, 2.24) is 9.97 Å². The molecule has 3 N–H and O–H groups in total. The number of pyridine rings is 2. The van der Waals surface area contributed by atoms with Gasteiger partial charge in [0.15, 0.2) is 0 Å². The number of nitrogens with zero attached hydrogens (tertiary/aromatic N) is 1. The van der Waals surface area contributed by atoms with Gasteiger partial charge in [-0.05, 0) is 31.2 Å². The molecule has 0 saturated heterocycles. The fourth-order valence-electron chi connectivity index (χ4n) is 1.53. The van der Waals surface area contributed by atoms with Crippen LogP contribution in [0.1, 0.15) is 18.5 Å². The number of aromatic amines is 1. The van der Waals surface area contributed by atoms with Crippen LogP contribution in [0, 0.1) is 0 Å². The molecule has 0 fully saturated rings. The van der Waals surface area contributed by atoms with Gasteiger partial charge < -0.3 is 10.7 Å². The molecule has 16 heavy (non-hydrogen) atoms. The summed E-state index contributed by atoms with van der Waals surface area (Å²) in [5.74, 6) is 0. The minimum atomic E-state index is -0.258. The number of aromatic nitrogens is 2. The topological polar surface area (TPSA) is 71.8 Å². The van der Waals surface area contributed by atoms with Crippen LogP contribution in [0.2, 0.25) is 0 Å². The molecule has 0 amide bonds. The molecule has 2 rings (SSSR count). The third-order valence-corrected chi connectivity index (χ3v) is 2.40. The molecule has 0 bridgehead atoms. The summed E-state index contributed by atoms with van der Waals surface area (Å²) in [6.45, 7) is 1.79. The Balaban J connectivity index is 2.47. The molecule has 0 radical (unpaired) electrons. The van der Waals surface area contributed by atoms with Crippen molar-refractivity contribution in [3.63, 3.8) is 0 Å². The highest BCUT2D eigenvalue weighted by atomic mass is 16.1. The maximum atomic E-state index is 11.7. The zero-order valence-corrected chi connectivity index (χ0v) is 8.97. The molecular weight excluding hydrogens is 202 g/mol. The van der Waals surface area contributed by atoms with Gasteiger partial charge in [0.2, 0.25) is 0 Å². The molecule has 0 spiro atoms. The Morgan fingerprint density at radius 2 is 2.19 bits per heavy atom. The van der Waals surface area contributed by atoms with E-state index in [4.69, 9.17) is 5.73 Å². The second-order valence-electron chi connectivity index (χ2n) is 3.69. The molecule has 2 heterocycles. The average Bonchev–Trinajstić information content (AvgIpc) is 2.29. The Kier molecular flexibility index (Phi) is 2.83. The highest BCUT2D eigenvalue weighted by molar-refractivity contribution is 5.57. The van der Waals surface area contributed by atoms with E-state index < -0.39 is 0 Å². The SMILES string of the molecule is C[C@H](N)c1ccc(-c2cccnc2)[nH]c1=O. The van der Waals surface area contributed by atoms with E-state index in [9.17, 15) is 4.79 Å². The van der Waals surface area contributed by atoms with E-state index in [2.05, 4.69) is 9.97 Å². The van der Waals surface area contributed by atoms with Gasteiger partial charge in [0.25, 0.3) is 5.56 Å². The Morgan fingerprint density at radius 1 is 1.38 bits per heavy atom. The van der Waals surface area contributed by atoms with Gasteiger partial charge in [-0.2, -0.15) is 0 Å². The van der Waals surface area contributed by atoms with E-state index in [0.717, 1.165) is 11.3 Å². The first-order chi connectivity index (χ1) is 7.68. The van der Waals surface area contributed by atoms with Crippen LogP contribution in [-0.4, -0.2) is 9.97 Å². The van der Waals surface area contributed by atoms with E-state index in [1.165, 1.54) is 0 Å². The molecule has 0 unspecified atom stereocenters. The molecule has 1 atom stereocenters. The van der Waals surface area contributed by atoms with Gasteiger partial charge in [-0.15, -0.1) is 0 Å². The van der Waals surface area contributed by atoms with E-state index >= 15 is 0 Å². The number of rotatable bonds is 2. The molecular formula is C12H13N3O. The lowest BCUT2D eigenvalue weighted by Crippen LogP contribution is -2.19.